The predicted molar refractivity (Wildman–Crippen MR) is 86.1 cm³/mol. The van der Waals surface area contributed by atoms with Gasteiger partial charge in [-0.15, -0.1) is 0 Å². The maximum absolute atomic E-state index is 12.5. The van der Waals surface area contributed by atoms with E-state index in [-0.39, 0.29) is 18.0 Å². The van der Waals surface area contributed by atoms with Gasteiger partial charge in [0.25, 0.3) is 5.69 Å². The number of nitro groups is 1. The molecule has 0 unspecified atom stereocenters. The second-order valence-electron chi connectivity index (χ2n) is 5.23. The van der Waals surface area contributed by atoms with Crippen LogP contribution in [-0.4, -0.2) is 17.9 Å². The first-order valence-electron chi connectivity index (χ1n) is 6.97. The highest BCUT2D eigenvalue weighted by Gasteiger charge is 2.19. The zero-order valence-electron chi connectivity index (χ0n) is 12.9. The Morgan fingerprint density at radius 1 is 1.14 bits per heavy atom. The summed E-state index contributed by atoms with van der Waals surface area (Å²) in [7, 11) is 1.69. The van der Waals surface area contributed by atoms with E-state index in [1.807, 2.05) is 32.0 Å². The van der Waals surface area contributed by atoms with Gasteiger partial charge in [0.2, 0.25) is 5.91 Å². The van der Waals surface area contributed by atoms with Crippen LogP contribution in [0, 0.1) is 24.0 Å². The number of hydrogen-bond acceptors (Lipinski definition) is 3. The van der Waals surface area contributed by atoms with E-state index in [4.69, 9.17) is 0 Å². The maximum atomic E-state index is 12.5. The van der Waals surface area contributed by atoms with Gasteiger partial charge in [0, 0.05) is 24.4 Å². The molecule has 0 aliphatic carbocycles. The van der Waals surface area contributed by atoms with Gasteiger partial charge in [-0.3, -0.25) is 14.9 Å². The third kappa shape index (κ3) is 3.14. The van der Waals surface area contributed by atoms with Crippen LogP contribution in [0.2, 0.25) is 0 Å². The Bertz CT molecular complexity index is 726. The molecule has 0 aliphatic heterocycles. The van der Waals surface area contributed by atoms with Crippen molar-refractivity contribution in [2.75, 3.05) is 11.9 Å². The molecule has 22 heavy (non-hydrogen) atoms. The number of nitro benzene ring substituents is 1. The van der Waals surface area contributed by atoms with Crippen molar-refractivity contribution in [3.63, 3.8) is 0 Å². The van der Waals surface area contributed by atoms with E-state index < -0.39 is 4.92 Å². The molecule has 2 aromatic carbocycles. The van der Waals surface area contributed by atoms with Crippen molar-refractivity contribution >= 4 is 17.3 Å². The predicted octanol–water partition coefficient (Wildman–Crippen LogP) is 3.42. The van der Waals surface area contributed by atoms with Crippen LogP contribution >= 0.6 is 0 Å². The Labute approximate surface area is 129 Å². The standard InChI is InChI=1S/C17H18N2O3/c1-12-7-6-10-15(13(12)2)18(3)17(20)11-14-8-4-5-9-16(14)19(21)22/h4-10H,11H2,1-3H3. The average molecular weight is 298 g/mol. The van der Waals surface area contributed by atoms with Crippen molar-refractivity contribution in [2.45, 2.75) is 20.3 Å². The number of rotatable bonds is 4. The number of aryl methyl sites for hydroxylation is 1. The minimum absolute atomic E-state index is 0.00103. The van der Waals surface area contributed by atoms with Gasteiger partial charge in [0.15, 0.2) is 0 Å². The van der Waals surface area contributed by atoms with E-state index in [2.05, 4.69) is 0 Å². The van der Waals surface area contributed by atoms with Gasteiger partial charge >= 0.3 is 0 Å². The zero-order valence-corrected chi connectivity index (χ0v) is 12.9. The van der Waals surface area contributed by atoms with Gasteiger partial charge in [-0.05, 0) is 31.0 Å². The molecular weight excluding hydrogens is 280 g/mol. The van der Waals surface area contributed by atoms with Crippen LogP contribution in [0.5, 0.6) is 0 Å². The number of carbonyl (C=O) groups excluding carboxylic acids is 1. The third-order valence-electron chi connectivity index (χ3n) is 3.84. The summed E-state index contributed by atoms with van der Waals surface area (Å²) in [5, 5.41) is 11.0. The van der Waals surface area contributed by atoms with Crippen LogP contribution in [0.3, 0.4) is 0 Å². The van der Waals surface area contributed by atoms with E-state index in [1.54, 1.807) is 30.1 Å². The lowest BCUT2D eigenvalue weighted by molar-refractivity contribution is -0.385. The topological polar surface area (TPSA) is 63.5 Å². The Kier molecular flexibility index (Phi) is 4.56. The molecule has 0 atom stereocenters. The lowest BCUT2D eigenvalue weighted by Crippen LogP contribution is -2.28. The monoisotopic (exact) mass is 298 g/mol. The molecule has 2 rings (SSSR count). The van der Waals surface area contributed by atoms with Crippen molar-refractivity contribution in [1.29, 1.82) is 0 Å². The minimum Gasteiger partial charge on any atom is -0.315 e. The van der Waals surface area contributed by atoms with Crippen molar-refractivity contribution < 1.29 is 9.72 Å². The lowest BCUT2D eigenvalue weighted by atomic mass is 10.1. The van der Waals surface area contributed by atoms with Crippen molar-refractivity contribution in [2.24, 2.45) is 0 Å². The van der Waals surface area contributed by atoms with Crippen LogP contribution in [-0.2, 0) is 11.2 Å². The SMILES string of the molecule is Cc1cccc(N(C)C(=O)Cc2ccccc2[N+](=O)[O-])c1C. The highest BCUT2D eigenvalue weighted by molar-refractivity contribution is 5.95. The molecule has 0 saturated heterocycles. The number of amides is 1. The van der Waals surface area contributed by atoms with Gasteiger partial charge in [0.1, 0.15) is 0 Å². The number of hydrogen-bond donors (Lipinski definition) is 0. The van der Waals surface area contributed by atoms with Crippen LogP contribution < -0.4 is 4.90 Å². The van der Waals surface area contributed by atoms with E-state index in [0.29, 0.717) is 5.56 Å². The molecule has 114 valence electrons. The Morgan fingerprint density at radius 3 is 2.50 bits per heavy atom. The first-order valence-corrected chi connectivity index (χ1v) is 6.97. The van der Waals surface area contributed by atoms with Gasteiger partial charge in [-0.25, -0.2) is 0 Å². The van der Waals surface area contributed by atoms with Crippen LogP contribution in [0.15, 0.2) is 42.5 Å². The molecule has 0 heterocycles. The summed E-state index contributed by atoms with van der Waals surface area (Å²) < 4.78 is 0. The van der Waals surface area contributed by atoms with Gasteiger partial charge in [-0.1, -0.05) is 30.3 Å². The summed E-state index contributed by atoms with van der Waals surface area (Å²) in [5.41, 5.74) is 3.35. The molecule has 2 aromatic rings. The molecule has 0 aromatic heterocycles. The normalized spacial score (nSPS) is 10.3. The van der Waals surface area contributed by atoms with E-state index in [0.717, 1.165) is 16.8 Å². The Hall–Kier alpha value is -2.69. The smallest absolute Gasteiger partial charge is 0.273 e. The summed E-state index contributed by atoms with van der Waals surface area (Å²) in [6.07, 6.45) is 0.00103. The fourth-order valence-electron chi connectivity index (χ4n) is 2.35. The van der Waals surface area contributed by atoms with Crippen LogP contribution in [0.25, 0.3) is 0 Å². The highest BCUT2D eigenvalue weighted by Crippen LogP contribution is 2.24. The molecule has 0 saturated carbocycles. The fraction of sp³-hybridized carbons (Fsp3) is 0.235. The quantitative estimate of drug-likeness (QED) is 0.641. The highest BCUT2D eigenvalue weighted by atomic mass is 16.6. The van der Waals surface area contributed by atoms with Crippen molar-refractivity contribution in [1.82, 2.24) is 0 Å². The fourth-order valence-corrected chi connectivity index (χ4v) is 2.35. The molecule has 0 radical (unpaired) electrons. The first-order chi connectivity index (χ1) is 10.4. The molecule has 0 N–H and O–H groups in total. The maximum Gasteiger partial charge on any atom is 0.273 e. The summed E-state index contributed by atoms with van der Waals surface area (Å²) in [5.74, 6) is -0.178. The lowest BCUT2D eigenvalue weighted by Gasteiger charge is -2.20. The van der Waals surface area contributed by atoms with Crippen LogP contribution in [0.1, 0.15) is 16.7 Å². The number of likely N-dealkylation sites (N-methyl/N-ethyl adjacent to an activating group) is 1. The second-order valence-corrected chi connectivity index (χ2v) is 5.23. The number of para-hydroxylation sites is 1. The van der Waals surface area contributed by atoms with Gasteiger partial charge in [-0.2, -0.15) is 0 Å². The number of anilines is 1. The molecule has 5 nitrogen and oxygen atoms in total. The van der Waals surface area contributed by atoms with Crippen LogP contribution in [0.4, 0.5) is 11.4 Å². The minimum atomic E-state index is -0.458. The number of nitrogens with zero attached hydrogens (tertiary/aromatic N) is 2. The molecule has 5 heteroatoms. The Morgan fingerprint density at radius 2 is 1.82 bits per heavy atom. The molecular formula is C17H18N2O3. The third-order valence-corrected chi connectivity index (χ3v) is 3.84. The van der Waals surface area contributed by atoms with Gasteiger partial charge in [0.05, 0.1) is 11.3 Å². The molecule has 0 fully saturated rings. The summed E-state index contributed by atoms with van der Waals surface area (Å²) in [6, 6.07) is 12.1. The summed E-state index contributed by atoms with van der Waals surface area (Å²) in [4.78, 5) is 24.6. The van der Waals surface area contributed by atoms with Gasteiger partial charge < -0.3 is 4.90 Å². The van der Waals surface area contributed by atoms with E-state index >= 15 is 0 Å². The Balaban J connectivity index is 2.26. The van der Waals surface area contributed by atoms with E-state index in [1.165, 1.54) is 6.07 Å². The molecule has 0 spiro atoms. The average Bonchev–Trinajstić information content (AvgIpc) is 2.49. The molecule has 1 amide bonds. The van der Waals surface area contributed by atoms with Crippen molar-refractivity contribution in [3.8, 4) is 0 Å². The molecule has 0 bridgehead atoms. The zero-order chi connectivity index (χ0) is 16.3. The van der Waals surface area contributed by atoms with Crippen molar-refractivity contribution in [3.05, 3.63) is 69.3 Å². The number of benzene rings is 2. The number of carbonyl (C=O) groups is 1. The largest absolute Gasteiger partial charge is 0.315 e. The van der Waals surface area contributed by atoms with E-state index in [9.17, 15) is 14.9 Å². The second kappa shape index (κ2) is 6.39. The molecule has 0 aliphatic rings. The summed E-state index contributed by atoms with van der Waals surface area (Å²) in [6.45, 7) is 3.94. The summed E-state index contributed by atoms with van der Waals surface area (Å²) >= 11 is 0. The first kappa shape index (κ1) is 15.7.